The summed E-state index contributed by atoms with van der Waals surface area (Å²) in [7, 11) is 0. The predicted molar refractivity (Wildman–Crippen MR) is 140 cm³/mol. The van der Waals surface area contributed by atoms with Gasteiger partial charge < -0.3 is 20.5 Å². The molecule has 0 amide bonds. The van der Waals surface area contributed by atoms with Crippen LogP contribution in [0.1, 0.15) is 45.2 Å². The van der Waals surface area contributed by atoms with Gasteiger partial charge in [-0.05, 0) is 57.7 Å². The molecule has 0 bridgehead atoms. The minimum absolute atomic E-state index is 0.189. The third-order valence-corrected chi connectivity index (χ3v) is 8.02. The molecule has 0 spiro atoms. The van der Waals surface area contributed by atoms with Gasteiger partial charge >= 0.3 is 0 Å². The Kier molecular flexibility index (Phi) is 7.31. The first-order valence-electron chi connectivity index (χ1n) is 11.9. The zero-order valence-electron chi connectivity index (χ0n) is 19.5. The summed E-state index contributed by atoms with van der Waals surface area (Å²) in [6, 6.07) is 9.04. The van der Waals surface area contributed by atoms with Crippen LogP contribution in [0.15, 0.2) is 28.7 Å². The van der Waals surface area contributed by atoms with E-state index in [1.165, 1.54) is 0 Å². The van der Waals surface area contributed by atoms with E-state index in [0.717, 1.165) is 76.8 Å². The minimum Gasteiger partial charge on any atom is -0.393 e. The van der Waals surface area contributed by atoms with E-state index >= 15 is 0 Å². The van der Waals surface area contributed by atoms with Gasteiger partial charge in [-0.25, -0.2) is 9.97 Å². The average Bonchev–Trinajstić information content (AvgIpc) is 3.19. The Hall–Kier alpha value is -1.85. The molecule has 5 rings (SSSR count). The second-order valence-corrected chi connectivity index (χ2v) is 11.3. The second kappa shape index (κ2) is 10.4. The lowest BCUT2D eigenvalue weighted by Gasteiger charge is -2.38. The van der Waals surface area contributed by atoms with E-state index in [9.17, 15) is 5.11 Å². The van der Waals surface area contributed by atoms with Crippen LogP contribution in [0, 0.1) is 0 Å². The number of rotatable bonds is 6. The number of nitrogens with zero attached hydrogens (tertiary/aromatic N) is 4. The Balaban J connectivity index is 1.40. The molecule has 2 aliphatic rings. The van der Waals surface area contributed by atoms with E-state index in [2.05, 4.69) is 51.4 Å². The Morgan fingerprint density at radius 1 is 1.09 bits per heavy atom. The maximum atomic E-state index is 9.86. The number of anilines is 3. The van der Waals surface area contributed by atoms with E-state index in [-0.39, 0.29) is 12.1 Å². The second-order valence-electron chi connectivity index (χ2n) is 9.38. The van der Waals surface area contributed by atoms with Crippen LogP contribution in [0.4, 0.5) is 16.9 Å². The Morgan fingerprint density at radius 2 is 1.85 bits per heavy atom. The number of benzene rings is 1. The lowest BCUT2D eigenvalue weighted by Crippen LogP contribution is -2.49. The maximum Gasteiger partial charge on any atom is 0.225 e. The van der Waals surface area contributed by atoms with Crippen molar-refractivity contribution < 1.29 is 9.84 Å². The number of hydrogen-bond acceptors (Lipinski definition) is 9. The van der Waals surface area contributed by atoms with Gasteiger partial charge in [-0.3, -0.25) is 4.90 Å². The van der Waals surface area contributed by atoms with E-state index in [1.807, 2.05) is 18.2 Å². The number of ether oxygens (including phenoxy) is 1. The van der Waals surface area contributed by atoms with Crippen LogP contribution in [-0.4, -0.2) is 62.4 Å². The van der Waals surface area contributed by atoms with Gasteiger partial charge in [0.1, 0.15) is 5.82 Å². The molecule has 34 heavy (non-hydrogen) atoms. The molecular weight excluding hydrogens is 516 g/mol. The van der Waals surface area contributed by atoms with Crippen molar-refractivity contribution in [1.82, 2.24) is 19.9 Å². The number of nitrogens with one attached hydrogen (secondary N) is 2. The van der Waals surface area contributed by atoms with Gasteiger partial charge in [0.25, 0.3) is 0 Å². The zero-order valence-corrected chi connectivity index (χ0v) is 21.9. The Bertz CT molecular complexity index is 1130. The molecule has 3 aromatic rings. The average molecular weight is 548 g/mol. The fraction of sp³-hybridized carbons (Fsp3) is 0.542. The lowest BCUT2D eigenvalue weighted by molar-refractivity contribution is -0.0414. The summed E-state index contributed by atoms with van der Waals surface area (Å²) in [6.45, 7) is 6.59. The van der Waals surface area contributed by atoms with Gasteiger partial charge in [-0.15, -0.1) is 0 Å². The predicted octanol–water partition coefficient (Wildman–Crippen LogP) is 4.92. The summed E-state index contributed by atoms with van der Waals surface area (Å²) in [5.74, 6) is 1.36. The van der Waals surface area contributed by atoms with Crippen molar-refractivity contribution in [1.29, 1.82) is 0 Å². The number of aliphatic hydroxyl groups is 1. The van der Waals surface area contributed by atoms with E-state index in [4.69, 9.17) is 19.7 Å². The van der Waals surface area contributed by atoms with Crippen LogP contribution in [-0.2, 0) is 11.3 Å². The highest BCUT2D eigenvalue weighted by Gasteiger charge is 2.26. The molecule has 2 atom stereocenters. The van der Waals surface area contributed by atoms with Crippen molar-refractivity contribution in [2.75, 3.05) is 23.8 Å². The molecule has 8 nitrogen and oxygen atoms in total. The standard InChI is InChI=1S/C24H31BrN6O2S/c1-14-12-33-13-15(2)31(14)11-18-10-22(29-23(27-18)26-17-4-6-19(32)7-5-17)30-24-28-20-8-3-16(25)9-21(20)34-24/h3,8-10,14-15,17,19,32H,4-7,11-13H2,1-2H3,(H2,26,27,28,29,30)/t14-,15-,17?,19?/m0/s1. The molecule has 3 N–H and O–H groups in total. The molecule has 1 aliphatic heterocycles. The highest BCUT2D eigenvalue weighted by molar-refractivity contribution is 9.10. The van der Waals surface area contributed by atoms with Crippen molar-refractivity contribution >= 4 is 54.4 Å². The van der Waals surface area contributed by atoms with Gasteiger partial charge in [0.2, 0.25) is 5.95 Å². The SMILES string of the molecule is C[C@H]1COC[C@H](C)N1Cc1cc(Nc2nc3ccc(Br)cc3s2)nc(NC2CCC(O)CC2)n1. The van der Waals surface area contributed by atoms with Gasteiger partial charge in [0.05, 0.1) is 35.2 Å². The van der Waals surface area contributed by atoms with Gasteiger partial charge in [0.15, 0.2) is 5.13 Å². The molecule has 2 fully saturated rings. The summed E-state index contributed by atoms with van der Waals surface area (Å²) in [6.07, 6.45) is 3.27. The van der Waals surface area contributed by atoms with Gasteiger partial charge in [0, 0.05) is 35.2 Å². The van der Waals surface area contributed by atoms with E-state index in [0.29, 0.717) is 18.0 Å². The van der Waals surface area contributed by atoms with Crippen molar-refractivity contribution in [3.63, 3.8) is 0 Å². The number of aromatic nitrogens is 3. The quantitative estimate of drug-likeness (QED) is 0.401. The van der Waals surface area contributed by atoms with E-state index in [1.54, 1.807) is 11.3 Å². The molecular formula is C24H31BrN6O2S. The lowest BCUT2D eigenvalue weighted by atomic mass is 9.93. The van der Waals surface area contributed by atoms with E-state index < -0.39 is 0 Å². The van der Waals surface area contributed by atoms with Crippen molar-refractivity contribution in [2.45, 2.75) is 70.3 Å². The first-order chi connectivity index (χ1) is 16.4. The van der Waals surface area contributed by atoms with Gasteiger partial charge in [-0.1, -0.05) is 27.3 Å². The molecule has 1 aromatic carbocycles. The topological polar surface area (TPSA) is 95.4 Å². The minimum atomic E-state index is -0.189. The molecule has 10 heteroatoms. The molecule has 1 saturated heterocycles. The number of hydrogen-bond donors (Lipinski definition) is 3. The molecule has 0 radical (unpaired) electrons. The number of thiazole rings is 1. The number of fused-ring (bicyclic) bond motifs is 1. The third-order valence-electron chi connectivity index (χ3n) is 6.59. The smallest absolute Gasteiger partial charge is 0.225 e. The van der Waals surface area contributed by atoms with Gasteiger partial charge in [-0.2, -0.15) is 4.98 Å². The largest absolute Gasteiger partial charge is 0.393 e. The summed E-state index contributed by atoms with van der Waals surface area (Å²) < 4.78 is 7.86. The summed E-state index contributed by atoms with van der Waals surface area (Å²) >= 11 is 5.14. The summed E-state index contributed by atoms with van der Waals surface area (Å²) in [5, 5.41) is 17.6. The zero-order chi connectivity index (χ0) is 23.7. The van der Waals surface area contributed by atoms with Crippen LogP contribution in [0.25, 0.3) is 10.2 Å². The fourth-order valence-corrected chi connectivity index (χ4v) is 6.13. The first-order valence-corrected chi connectivity index (χ1v) is 13.5. The monoisotopic (exact) mass is 546 g/mol. The molecule has 1 aliphatic carbocycles. The van der Waals surface area contributed by atoms with Crippen LogP contribution in [0.5, 0.6) is 0 Å². The van der Waals surface area contributed by atoms with Crippen LogP contribution in [0.2, 0.25) is 0 Å². The third kappa shape index (κ3) is 5.68. The molecule has 0 unspecified atom stereocenters. The number of morpholine rings is 1. The van der Waals surface area contributed by atoms with Crippen molar-refractivity contribution in [2.24, 2.45) is 0 Å². The van der Waals surface area contributed by atoms with Crippen molar-refractivity contribution in [3.8, 4) is 0 Å². The molecule has 182 valence electrons. The summed E-state index contributed by atoms with van der Waals surface area (Å²) in [5.41, 5.74) is 1.92. The summed E-state index contributed by atoms with van der Waals surface area (Å²) in [4.78, 5) is 16.8. The number of halogens is 1. The molecule has 1 saturated carbocycles. The Labute approximate surface area is 212 Å². The normalized spacial score (nSPS) is 26.0. The highest BCUT2D eigenvalue weighted by Crippen LogP contribution is 2.31. The number of aliphatic hydroxyl groups excluding tert-OH is 1. The maximum absolute atomic E-state index is 9.86. The molecule has 3 heterocycles. The first kappa shape index (κ1) is 23.9. The van der Waals surface area contributed by atoms with Crippen LogP contribution >= 0.6 is 27.3 Å². The van der Waals surface area contributed by atoms with Crippen molar-refractivity contribution in [3.05, 3.63) is 34.4 Å². The highest BCUT2D eigenvalue weighted by atomic mass is 79.9. The van der Waals surface area contributed by atoms with Crippen LogP contribution < -0.4 is 10.6 Å². The Morgan fingerprint density at radius 3 is 2.62 bits per heavy atom. The molecule has 2 aromatic heterocycles. The van der Waals surface area contributed by atoms with Crippen LogP contribution in [0.3, 0.4) is 0 Å². The fourth-order valence-electron chi connectivity index (χ4n) is 4.71.